The third kappa shape index (κ3) is 3.86. The van der Waals surface area contributed by atoms with Crippen LogP contribution in [0.1, 0.15) is 40.4 Å². The number of aromatic nitrogens is 1. The summed E-state index contributed by atoms with van der Waals surface area (Å²) >= 11 is 0. The number of amides is 1. The van der Waals surface area contributed by atoms with E-state index in [0.717, 1.165) is 5.57 Å². The monoisotopic (exact) mass is 363 g/mol. The number of rotatable bonds is 4. The molecule has 0 saturated heterocycles. The molecule has 0 saturated carbocycles. The fraction of sp³-hybridized carbons (Fsp3) is 0.562. The highest BCUT2D eigenvalue weighted by molar-refractivity contribution is 5.97. The van der Waals surface area contributed by atoms with E-state index in [9.17, 15) is 26.7 Å². The summed E-state index contributed by atoms with van der Waals surface area (Å²) in [6, 6.07) is 0. The van der Waals surface area contributed by atoms with Crippen molar-refractivity contribution in [2.45, 2.75) is 37.9 Å². The van der Waals surface area contributed by atoms with Gasteiger partial charge in [-0.25, -0.2) is 8.78 Å². The Bertz CT molecular complexity index is 693. The Hall–Kier alpha value is -1.90. The summed E-state index contributed by atoms with van der Waals surface area (Å²) in [5, 5.41) is 5.28. The van der Waals surface area contributed by atoms with Crippen molar-refractivity contribution in [2.75, 3.05) is 19.6 Å². The smallest absolute Gasteiger partial charge is 0.346 e. The van der Waals surface area contributed by atoms with Crippen molar-refractivity contribution in [2.24, 2.45) is 0 Å². The highest BCUT2D eigenvalue weighted by atomic mass is 19.4. The molecule has 2 N–H and O–H groups in total. The Balaban J connectivity index is 2.01. The molecule has 0 aromatic carbocycles. The van der Waals surface area contributed by atoms with Crippen LogP contribution < -0.4 is 10.6 Å². The number of alkyl halides is 5. The molecule has 2 aliphatic rings. The molecule has 2 heterocycles. The van der Waals surface area contributed by atoms with E-state index in [1.807, 2.05) is 0 Å². The number of carbonyl (C=O) groups excluding carboxylic acids is 1. The molecule has 0 fully saturated rings. The van der Waals surface area contributed by atoms with Gasteiger partial charge in [-0.1, -0.05) is 6.08 Å². The Labute approximate surface area is 141 Å². The Kier molecular flexibility index (Phi) is 4.86. The SMILES string of the molecule is O=C(NCC(F)F)c1cn2c3c1[C@H](CC(F)(F)F)CC=C3CNCC2. The molecule has 4 nitrogen and oxygen atoms in total. The average Bonchev–Trinajstić information content (AvgIpc) is 2.78. The number of hydrogen-bond donors (Lipinski definition) is 2. The zero-order valence-corrected chi connectivity index (χ0v) is 13.3. The third-order valence-corrected chi connectivity index (χ3v) is 4.46. The van der Waals surface area contributed by atoms with Crippen LogP contribution in [0.25, 0.3) is 5.57 Å². The first-order chi connectivity index (χ1) is 11.8. The van der Waals surface area contributed by atoms with E-state index < -0.39 is 37.4 Å². The van der Waals surface area contributed by atoms with E-state index in [2.05, 4.69) is 10.6 Å². The zero-order valence-electron chi connectivity index (χ0n) is 13.3. The minimum Gasteiger partial charge on any atom is -0.346 e. The van der Waals surface area contributed by atoms with Crippen LogP contribution in [-0.4, -0.2) is 42.7 Å². The largest absolute Gasteiger partial charge is 0.389 e. The minimum atomic E-state index is -4.37. The lowest BCUT2D eigenvalue weighted by Gasteiger charge is -2.25. The quantitative estimate of drug-likeness (QED) is 0.808. The predicted molar refractivity (Wildman–Crippen MR) is 81.6 cm³/mol. The van der Waals surface area contributed by atoms with Crippen LogP contribution in [-0.2, 0) is 6.54 Å². The van der Waals surface area contributed by atoms with Crippen molar-refractivity contribution in [3.63, 3.8) is 0 Å². The van der Waals surface area contributed by atoms with Gasteiger partial charge in [0, 0.05) is 31.5 Å². The van der Waals surface area contributed by atoms with Gasteiger partial charge in [-0.15, -0.1) is 0 Å². The van der Waals surface area contributed by atoms with E-state index in [-0.39, 0.29) is 12.0 Å². The first-order valence-corrected chi connectivity index (χ1v) is 8.02. The molecule has 138 valence electrons. The first-order valence-electron chi connectivity index (χ1n) is 8.02. The van der Waals surface area contributed by atoms with Crippen LogP contribution in [0, 0.1) is 0 Å². The van der Waals surface area contributed by atoms with E-state index in [4.69, 9.17) is 0 Å². The molecule has 1 aromatic heterocycles. The van der Waals surface area contributed by atoms with Crippen LogP contribution >= 0.6 is 0 Å². The molecule has 3 rings (SSSR count). The van der Waals surface area contributed by atoms with Crippen LogP contribution in [0.2, 0.25) is 0 Å². The molecule has 0 bridgehead atoms. The summed E-state index contributed by atoms with van der Waals surface area (Å²) in [6.45, 7) is 0.794. The average molecular weight is 363 g/mol. The predicted octanol–water partition coefficient (Wildman–Crippen LogP) is 2.91. The lowest BCUT2D eigenvalue weighted by atomic mass is 9.82. The fourth-order valence-electron chi connectivity index (χ4n) is 3.51. The molecule has 1 aromatic rings. The van der Waals surface area contributed by atoms with Crippen molar-refractivity contribution < 1.29 is 26.7 Å². The molecule has 1 aliphatic carbocycles. The maximum absolute atomic E-state index is 13.0. The van der Waals surface area contributed by atoms with Gasteiger partial charge in [0.1, 0.15) is 0 Å². The molecule has 1 atom stereocenters. The number of halogens is 5. The molecule has 0 radical (unpaired) electrons. The second-order valence-corrected chi connectivity index (χ2v) is 6.26. The first kappa shape index (κ1) is 17.9. The van der Waals surface area contributed by atoms with Gasteiger partial charge >= 0.3 is 6.18 Å². The Morgan fingerprint density at radius 1 is 1.40 bits per heavy atom. The molecular formula is C16H18F5N3O. The minimum absolute atomic E-state index is 0.0670. The van der Waals surface area contributed by atoms with Crippen LogP contribution in [0.4, 0.5) is 22.0 Å². The van der Waals surface area contributed by atoms with E-state index in [1.165, 1.54) is 6.20 Å². The molecule has 9 heteroatoms. The van der Waals surface area contributed by atoms with Crippen molar-refractivity contribution in [1.29, 1.82) is 0 Å². The molecule has 1 amide bonds. The number of nitrogens with zero attached hydrogens (tertiary/aromatic N) is 1. The van der Waals surface area contributed by atoms with Gasteiger partial charge < -0.3 is 15.2 Å². The normalized spacial score (nSPS) is 20.1. The van der Waals surface area contributed by atoms with E-state index >= 15 is 0 Å². The lowest BCUT2D eigenvalue weighted by Crippen LogP contribution is -2.30. The van der Waals surface area contributed by atoms with Gasteiger partial charge in [-0.2, -0.15) is 13.2 Å². The molecule has 0 spiro atoms. The summed E-state index contributed by atoms with van der Waals surface area (Å²) in [5.74, 6) is -1.64. The van der Waals surface area contributed by atoms with Gasteiger partial charge in [-0.05, 0) is 23.5 Å². The molecule has 0 unspecified atom stereocenters. The zero-order chi connectivity index (χ0) is 18.2. The Morgan fingerprint density at radius 2 is 2.16 bits per heavy atom. The van der Waals surface area contributed by atoms with E-state index in [1.54, 1.807) is 10.6 Å². The standard InChI is InChI=1S/C16H18F5N3O/c17-12(18)7-23-15(25)11-8-24-4-3-22-6-10-2-1-9(5-16(19,20)21)13(11)14(10)24/h2,8-9,12,22H,1,3-7H2,(H,23,25)/t9-/m0/s1. The van der Waals surface area contributed by atoms with Gasteiger partial charge in [0.2, 0.25) is 0 Å². The van der Waals surface area contributed by atoms with Crippen LogP contribution in [0.5, 0.6) is 0 Å². The molecule has 1 aliphatic heterocycles. The topological polar surface area (TPSA) is 46.1 Å². The second-order valence-electron chi connectivity index (χ2n) is 6.26. The van der Waals surface area contributed by atoms with Gasteiger partial charge in [0.15, 0.2) is 0 Å². The molecular weight excluding hydrogens is 345 g/mol. The highest BCUT2D eigenvalue weighted by Gasteiger charge is 2.38. The summed E-state index contributed by atoms with van der Waals surface area (Å²) in [5.41, 5.74) is 1.86. The van der Waals surface area contributed by atoms with E-state index in [0.29, 0.717) is 30.9 Å². The summed E-state index contributed by atoms with van der Waals surface area (Å²) in [6.07, 6.45) is -4.70. The maximum Gasteiger partial charge on any atom is 0.389 e. The van der Waals surface area contributed by atoms with Crippen molar-refractivity contribution in [3.05, 3.63) is 29.1 Å². The number of carbonyl (C=O) groups is 1. The highest BCUT2D eigenvalue weighted by Crippen LogP contribution is 2.43. The van der Waals surface area contributed by atoms with Crippen molar-refractivity contribution >= 4 is 11.5 Å². The van der Waals surface area contributed by atoms with Crippen LogP contribution in [0.3, 0.4) is 0 Å². The second kappa shape index (κ2) is 6.78. The van der Waals surface area contributed by atoms with Crippen molar-refractivity contribution in [1.82, 2.24) is 15.2 Å². The number of hydrogen-bond acceptors (Lipinski definition) is 2. The van der Waals surface area contributed by atoms with Gasteiger partial charge in [-0.3, -0.25) is 4.79 Å². The fourth-order valence-corrected chi connectivity index (χ4v) is 3.51. The molecule has 25 heavy (non-hydrogen) atoms. The van der Waals surface area contributed by atoms with Gasteiger partial charge in [0.25, 0.3) is 12.3 Å². The summed E-state index contributed by atoms with van der Waals surface area (Å²) < 4.78 is 65.4. The van der Waals surface area contributed by atoms with Crippen molar-refractivity contribution in [3.8, 4) is 0 Å². The van der Waals surface area contributed by atoms with Crippen LogP contribution in [0.15, 0.2) is 12.3 Å². The number of nitrogens with one attached hydrogen (secondary N) is 2. The third-order valence-electron chi connectivity index (χ3n) is 4.46. The lowest BCUT2D eigenvalue weighted by molar-refractivity contribution is -0.138. The Morgan fingerprint density at radius 3 is 2.84 bits per heavy atom. The summed E-state index contributed by atoms with van der Waals surface area (Å²) in [7, 11) is 0. The van der Waals surface area contributed by atoms with Gasteiger partial charge in [0.05, 0.1) is 18.5 Å². The summed E-state index contributed by atoms with van der Waals surface area (Å²) in [4.78, 5) is 12.3. The maximum atomic E-state index is 13.0. The number of allylic oxidation sites excluding steroid dienone is 1.